The summed E-state index contributed by atoms with van der Waals surface area (Å²) in [5, 5.41) is 14.9. The second kappa shape index (κ2) is 6.81. The maximum Gasteiger partial charge on any atom is 0.140 e. The van der Waals surface area contributed by atoms with Gasteiger partial charge in [0.05, 0.1) is 0 Å². The Balaban J connectivity index is 2.19. The fraction of sp³-hybridized carbons (Fsp3) is 0.917. The van der Waals surface area contributed by atoms with E-state index >= 15 is 0 Å². The zero-order chi connectivity index (χ0) is 12.8. The number of amidine groups is 1. The Hall–Kier alpha value is -0.810. The van der Waals surface area contributed by atoms with Crippen LogP contribution in [0.5, 0.6) is 0 Å². The van der Waals surface area contributed by atoms with E-state index in [0.29, 0.717) is 18.3 Å². The van der Waals surface area contributed by atoms with Gasteiger partial charge in [-0.1, -0.05) is 5.16 Å². The molecule has 1 saturated heterocycles. The molecule has 1 heterocycles. The lowest BCUT2D eigenvalue weighted by atomic mass is 10.1. The van der Waals surface area contributed by atoms with Crippen LogP contribution < -0.4 is 11.1 Å². The first-order valence-corrected chi connectivity index (χ1v) is 6.46. The summed E-state index contributed by atoms with van der Waals surface area (Å²) in [4.78, 5) is 2.51. The van der Waals surface area contributed by atoms with Crippen LogP contribution >= 0.6 is 0 Å². The molecule has 0 aromatic heterocycles. The fourth-order valence-corrected chi connectivity index (χ4v) is 2.29. The van der Waals surface area contributed by atoms with Gasteiger partial charge in [0.1, 0.15) is 5.84 Å². The van der Waals surface area contributed by atoms with E-state index in [-0.39, 0.29) is 6.04 Å². The van der Waals surface area contributed by atoms with Gasteiger partial charge in [0.25, 0.3) is 0 Å². The van der Waals surface area contributed by atoms with E-state index < -0.39 is 0 Å². The quantitative estimate of drug-likeness (QED) is 0.279. The van der Waals surface area contributed by atoms with Gasteiger partial charge in [-0.15, -0.1) is 0 Å². The second-order valence-corrected chi connectivity index (χ2v) is 5.35. The summed E-state index contributed by atoms with van der Waals surface area (Å²) in [6.07, 6.45) is 1.86. The van der Waals surface area contributed by atoms with Crippen molar-refractivity contribution >= 4 is 5.84 Å². The Kier molecular flexibility index (Phi) is 5.71. The molecule has 0 aromatic rings. The van der Waals surface area contributed by atoms with Crippen molar-refractivity contribution in [1.82, 2.24) is 10.2 Å². The summed E-state index contributed by atoms with van der Waals surface area (Å²) in [6, 6.07) is 0.911. The molecule has 2 unspecified atom stereocenters. The first-order chi connectivity index (χ1) is 8.02. The van der Waals surface area contributed by atoms with E-state index in [9.17, 15) is 0 Å². The Morgan fingerprint density at radius 1 is 1.53 bits per heavy atom. The smallest absolute Gasteiger partial charge is 0.140 e. The van der Waals surface area contributed by atoms with Crippen molar-refractivity contribution in [2.75, 3.05) is 19.6 Å². The molecule has 1 rings (SSSR count). The third kappa shape index (κ3) is 4.91. The molecule has 0 aromatic carbocycles. The molecule has 100 valence electrons. The van der Waals surface area contributed by atoms with Crippen LogP contribution in [0, 0.1) is 5.92 Å². The number of nitrogens with two attached hydrogens (primary N) is 1. The molecular weight excluding hydrogens is 216 g/mol. The average molecular weight is 242 g/mol. The van der Waals surface area contributed by atoms with Gasteiger partial charge in [-0.25, -0.2) is 0 Å². The lowest BCUT2D eigenvalue weighted by molar-refractivity contribution is 0.263. The Morgan fingerprint density at radius 2 is 2.24 bits per heavy atom. The summed E-state index contributed by atoms with van der Waals surface area (Å²) >= 11 is 0. The predicted octanol–water partition coefficient (Wildman–Crippen LogP) is 0.831. The van der Waals surface area contributed by atoms with E-state index in [0.717, 1.165) is 12.5 Å². The number of nitrogens with one attached hydrogen (secondary N) is 1. The molecule has 1 fully saturated rings. The zero-order valence-corrected chi connectivity index (χ0v) is 11.2. The van der Waals surface area contributed by atoms with Crippen molar-refractivity contribution in [1.29, 1.82) is 0 Å². The highest BCUT2D eigenvalue weighted by atomic mass is 16.4. The van der Waals surface area contributed by atoms with Crippen LogP contribution in [0.1, 0.15) is 33.6 Å². The monoisotopic (exact) mass is 242 g/mol. The molecule has 0 spiro atoms. The number of hydrogen-bond donors (Lipinski definition) is 3. The molecule has 0 saturated carbocycles. The third-order valence-corrected chi connectivity index (χ3v) is 3.45. The Bertz CT molecular complexity index is 255. The highest BCUT2D eigenvalue weighted by Crippen LogP contribution is 2.17. The van der Waals surface area contributed by atoms with Crippen LogP contribution in [0.25, 0.3) is 0 Å². The van der Waals surface area contributed by atoms with Crippen molar-refractivity contribution in [3.63, 3.8) is 0 Å². The van der Waals surface area contributed by atoms with Crippen LogP contribution in [0.2, 0.25) is 0 Å². The van der Waals surface area contributed by atoms with E-state index in [1.165, 1.54) is 19.5 Å². The van der Waals surface area contributed by atoms with E-state index in [4.69, 9.17) is 10.9 Å². The number of rotatable bonds is 6. The number of nitrogens with zero attached hydrogens (tertiary/aromatic N) is 2. The summed E-state index contributed by atoms with van der Waals surface area (Å²) in [7, 11) is 0. The first kappa shape index (κ1) is 14.3. The number of hydrogen-bond acceptors (Lipinski definition) is 4. The average Bonchev–Trinajstić information content (AvgIpc) is 2.75. The van der Waals surface area contributed by atoms with Gasteiger partial charge < -0.3 is 21.2 Å². The second-order valence-electron chi connectivity index (χ2n) is 5.35. The van der Waals surface area contributed by atoms with Crippen LogP contribution in [0.4, 0.5) is 0 Å². The SMILES string of the molecule is CC(CC(N)=NO)NCC1CCN(C(C)C)C1. The van der Waals surface area contributed by atoms with Gasteiger partial charge in [-0.05, 0) is 46.2 Å². The lowest BCUT2D eigenvalue weighted by Crippen LogP contribution is -2.36. The highest BCUT2D eigenvalue weighted by molar-refractivity contribution is 5.80. The van der Waals surface area contributed by atoms with Gasteiger partial charge in [0, 0.05) is 25.0 Å². The predicted molar refractivity (Wildman–Crippen MR) is 70.3 cm³/mol. The Labute approximate surface area is 104 Å². The molecule has 5 heteroatoms. The van der Waals surface area contributed by atoms with Crippen LogP contribution in [-0.2, 0) is 0 Å². The van der Waals surface area contributed by atoms with Gasteiger partial charge in [0.2, 0.25) is 0 Å². The molecule has 4 N–H and O–H groups in total. The number of likely N-dealkylation sites (tertiary alicyclic amines) is 1. The molecule has 5 nitrogen and oxygen atoms in total. The molecule has 1 aliphatic heterocycles. The van der Waals surface area contributed by atoms with Crippen LogP contribution in [0.15, 0.2) is 5.16 Å². The van der Waals surface area contributed by atoms with Crippen molar-refractivity contribution < 1.29 is 5.21 Å². The van der Waals surface area contributed by atoms with Crippen molar-refractivity contribution in [3.8, 4) is 0 Å². The van der Waals surface area contributed by atoms with Crippen molar-refractivity contribution in [3.05, 3.63) is 0 Å². The largest absolute Gasteiger partial charge is 0.409 e. The molecule has 2 atom stereocenters. The topological polar surface area (TPSA) is 73.9 Å². The van der Waals surface area contributed by atoms with E-state index in [2.05, 4.69) is 36.1 Å². The standard InChI is InChI=1S/C12H26N4O/c1-9(2)16-5-4-11(8-16)7-14-10(3)6-12(13)15-17/h9-11,14,17H,4-8H2,1-3H3,(H2,13,15). The van der Waals surface area contributed by atoms with Gasteiger partial charge in [-0.2, -0.15) is 0 Å². The van der Waals surface area contributed by atoms with Gasteiger partial charge >= 0.3 is 0 Å². The molecule has 0 amide bonds. The zero-order valence-electron chi connectivity index (χ0n) is 11.2. The summed E-state index contributed by atoms with van der Waals surface area (Å²) < 4.78 is 0. The minimum absolute atomic E-state index is 0.263. The van der Waals surface area contributed by atoms with E-state index in [1.807, 2.05) is 0 Å². The van der Waals surface area contributed by atoms with Gasteiger partial charge in [-0.3, -0.25) is 0 Å². The molecule has 17 heavy (non-hydrogen) atoms. The summed E-state index contributed by atoms with van der Waals surface area (Å²) in [5.41, 5.74) is 5.47. The third-order valence-electron chi connectivity index (χ3n) is 3.45. The minimum atomic E-state index is 0.263. The van der Waals surface area contributed by atoms with Crippen LogP contribution in [-0.4, -0.2) is 47.7 Å². The van der Waals surface area contributed by atoms with E-state index in [1.54, 1.807) is 0 Å². The Morgan fingerprint density at radius 3 is 2.76 bits per heavy atom. The molecular formula is C12H26N4O. The fourth-order valence-electron chi connectivity index (χ4n) is 2.29. The maximum atomic E-state index is 8.49. The first-order valence-electron chi connectivity index (χ1n) is 6.46. The molecule has 0 radical (unpaired) electrons. The highest BCUT2D eigenvalue weighted by Gasteiger charge is 2.24. The minimum Gasteiger partial charge on any atom is -0.409 e. The molecule has 1 aliphatic rings. The lowest BCUT2D eigenvalue weighted by Gasteiger charge is -2.21. The van der Waals surface area contributed by atoms with Gasteiger partial charge in [0.15, 0.2) is 0 Å². The molecule has 0 bridgehead atoms. The van der Waals surface area contributed by atoms with Crippen molar-refractivity contribution in [2.45, 2.75) is 45.7 Å². The normalized spacial score (nSPS) is 24.5. The summed E-state index contributed by atoms with van der Waals surface area (Å²) in [5.74, 6) is 1.02. The summed E-state index contributed by atoms with van der Waals surface area (Å²) in [6.45, 7) is 9.96. The van der Waals surface area contributed by atoms with Crippen LogP contribution in [0.3, 0.4) is 0 Å². The number of oxime groups is 1. The molecule has 0 aliphatic carbocycles. The van der Waals surface area contributed by atoms with Crippen molar-refractivity contribution in [2.24, 2.45) is 16.8 Å². The maximum absolute atomic E-state index is 8.49.